The van der Waals surface area contributed by atoms with Crippen LogP contribution in [0.4, 0.5) is 0 Å². The van der Waals surface area contributed by atoms with Crippen LogP contribution in [0.25, 0.3) is 11.4 Å². The van der Waals surface area contributed by atoms with Gasteiger partial charge in [-0.25, -0.2) is 0 Å². The molecule has 0 fully saturated rings. The number of benzene rings is 1. The maximum atomic E-state index is 5.35. The zero-order chi connectivity index (χ0) is 16.2. The van der Waals surface area contributed by atoms with E-state index in [-0.39, 0.29) is 12.1 Å². The van der Waals surface area contributed by atoms with Crippen molar-refractivity contribution < 1.29 is 4.52 Å². The molecule has 0 aliphatic carbocycles. The van der Waals surface area contributed by atoms with E-state index in [9.17, 15) is 0 Å². The highest BCUT2D eigenvalue weighted by Gasteiger charge is 2.16. The second kappa shape index (κ2) is 6.75. The van der Waals surface area contributed by atoms with Crippen LogP contribution < -0.4 is 5.32 Å². The van der Waals surface area contributed by atoms with Gasteiger partial charge >= 0.3 is 0 Å². The highest BCUT2D eigenvalue weighted by Crippen LogP contribution is 2.19. The van der Waals surface area contributed by atoms with E-state index >= 15 is 0 Å². The predicted octanol–water partition coefficient (Wildman–Crippen LogP) is 2.98. The fraction of sp³-hybridized carbons (Fsp3) is 0.353. The Kier molecular flexibility index (Phi) is 4.52. The molecular formula is C17H21N5O. The molecule has 2 aromatic heterocycles. The summed E-state index contributed by atoms with van der Waals surface area (Å²) in [7, 11) is 0. The Morgan fingerprint density at radius 1 is 1.22 bits per heavy atom. The van der Waals surface area contributed by atoms with E-state index in [4.69, 9.17) is 4.52 Å². The maximum absolute atomic E-state index is 5.35. The molecule has 0 saturated heterocycles. The second-order valence-electron chi connectivity index (χ2n) is 5.72. The van der Waals surface area contributed by atoms with Gasteiger partial charge in [0.2, 0.25) is 11.7 Å². The van der Waals surface area contributed by atoms with Crippen molar-refractivity contribution in [2.75, 3.05) is 0 Å². The lowest BCUT2D eigenvalue weighted by molar-refractivity contribution is 0.325. The van der Waals surface area contributed by atoms with Crippen LogP contribution in [0.15, 0.2) is 47.2 Å². The Balaban J connectivity index is 1.62. The first-order valence-corrected chi connectivity index (χ1v) is 7.76. The number of nitrogens with one attached hydrogen (secondary N) is 1. The van der Waals surface area contributed by atoms with Gasteiger partial charge in [-0.1, -0.05) is 29.4 Å². The summed E-state index contributed by atoms with van der Waals surface area (Å²) in [5.74, 6) is 1.22. The molecule has 3 aromatic rings. The van der Waals surface area contributed by atoms with Gasteiger partial charge in [0.1, 0.15) is 0 Å². The molecule has 23 heavy (non-hydrogen) atoms. The zero-order valence-electron chi connectivity index (χ0n) is 13.6. The summed E-state index contributed by atoms with van der Waals surface area (Å²) in [5, 5.41) is 11.8. The molecule has 0 aliphatic heterocycles. The molecule has 0 saturated carbocycles. The topological polar surface area (TPSA) is 68.8 Å². The third kappa shape index (κ3) is 3.48. The minimum absolute atomic E-state index is 0.226. The fourth-order valence-corrected chi connectivity index (χ4v) is 2.43. The van der Waals surface area contributed by atoms with Gasteiger partial charge in [0, 0.05) is 24.0 Å². The van der Waals surface area contributed by atoms with Crippen molar-refractivity contribution in [3.8, 4) is 11.4 Å². The van der Waals surface area contributed by atoms with E-state index < -0.39 is 0 Å². The SMILES string of the molecule is Cc1ccccc1-c1noc(CN[C@H](C)[C@@H](C)n2cccn2)n1. The lowest BCUT2D eigenvalue weighted by atomic mass is 10.1. The third-order valence-corrected chi connectivity index (χ3v) is 4.10. The molecule has 0 radical (unpaired) electrons. The van der Waals surface area contributed by atoms with E-state index in [2.05, 4.69) is 34.4 Å². The van der Waals surface area contributed by atoms with Crippen molar-refractivity contribution >= 4 is 0 Å². The Morgan fingerprint density at radius 2 is 2.04 bits per heavy atom. The van der Waals surface area contributed by atoms with Crippen LogP contribution >= 0.6 is 0 Å². The van der Waals surface area contributed by atoms with Gasteiger partial charge in [-0.2, -0.15) is 10.1 Å². The van der Waals surface area contributed by atoms with Crippen LogP contribution in [-0.2, 0) is 6.54 Å². The summed E-state index contributed by atoms with van der Waals surface area (Å²) in [6.45, 7) is 6.81. The van der Waals surface area contributed by atoms with Crippen LogP contribution in [0.2, 0.25) is 0 Å². The maximum Gasteiger partial charge on any atom is 0.240 e. The zero-order valence-corrected chi connectivity index (χ0v) is 13.6. The van der Waals surface area contributed by atoms with Gasteiger partial charge in [-0.05, 0) is 32.4 Å². The monoisotopic (exact) mass is 311 g/mol. The van der Waals surface area contributed by atoms with Gasteiger partial charge in [-0.15, -0.1) is 0 Å². The normalized spacial score (nSPS) is 13.9. The summed E-state index contributed by atoms with van der Waals surface area (Å²) in [6.07, 6.45) is 3.75. The second-order valence-corrected chi connectivity index (χ2v) is 5.72. The minimum Gasteiger partial charge on any atom is -0.338 e. The van der Waals surface area contributed by atoms with Gasteiger partial charge in [0.15, 0.2) is 0 Å². The standard InChI is InChI=1S/C17H21N5O/c1-12-7-4-5-8-15(12)17-20-16(23-21-17)11-18-13(2)14(3)22-10-6-9-19-22/h4-10,13-14,18H,11H2,1-3H3/t13-,14-/m1/s1. The summed E-state index contributed by atoms with van der Waals surface area (Å²) in [5.41, 5.74) is 2.13. The molecule has 0 unspecified atom stereocenters. The molecule has 6 nitrogen and oxygen atoms in total. The van der Waals surface area contributed by atoms with Gasteiger partial charge in [0.05, 0.1) is 12.6 Å². The van der Waals surface area contributed by atoms with Crippen molar-refractivity contribution in [3.63, 3.8) is 0 Å². The third-order valence-electron chi connectivity index (χ3n) is 4.10. The largest absolute Gasteiger partial charge is 0.338 e. The number of aryl methyl sites for hydroxylation is 1. The first-order valence-electron chi connectivity index (χ1n) is 7.76. The van der Waals surface area contributed by atoms with Gasteiger partial charge in [0.25, 0.3) is 0 Å². The van der Waals surface area contributed by atoms with E-state index in [0.717, 1.165) is 11.1 Å². The van der Waals surface area contributed by atoms with Crippen LogP contribution in [-0.4, -0.2) is 26.0 Å². The highest BCUT2D eigenvalue weighted by molar-refractivity contribution is 5.58. The first kappa shape index (κ1) is 15.4. The van der Waals surface area contributed by atoms with Gasteiger partial charge < -0.3 is 9.84 Å². The Bertz CT molecular complexity index is 750. The molecular weight excluding hydrogens is 290 g/mol. The summed E-state index contributed by atoms with van der Waals surface area (Å²) in [6, 6.07) is 10.4. The van der Waals surface area contributed by atoms with Crippen molar-refractivity contribution in [3.05, 3.63) is 54.2 Å². The average molecular weight is 311 g/mol. The van der Waals surface area contributed by atoms with Crippen molar-refractivity contribution in [1.82, 2.24) is 25.2 Å². The van der Waals surface area contributed by atoms with E-state index in [1.165, 1.54) is 0 Å². The molecule has 1 aromatic carbocycles. The number of hydrogen-bond acceptors (Lipinski definition) is 5. The summed E-state index contributed by atoms with van der Waals surface area (Å²) in [4.78, 5) is 4.47. The molecule has 1 N–H and O–H groups in total. The Labute approximate surface area is 135 Å². The molecule has 0 aliphatic rings. The van der Waals surface area contributed by atoms with E-state index in [1.807, 2.05) is 48.1 Å². The van der Waals surface area contributed by atoms with E-state index in [0.29, 0.717) is 18.3 Å². The van der Waals surface area contributed by atoms with Crippen LogP contribution in [0.3, 0.4) is 0 Å². The van der Waals surface area contributed by atoms with Crippen molar-refractivity contribution in [2.24, 2.45) is 0 Å². The molecule has 0 spiro atoms. The first-order chi connectivity index (χ1) is 11.1. The molecule has 0 bridgehead atoms. The van der Waals surface area contributed by atoms with Crippen LogP contribution in [0.1, 0.15) is 31.3 Å². The lowest BCUT2D eigenvalue weighted by Crippen LogP contribution is -2.33. The smallest absolute Gasteiger partial charge is 0.240 e. The quantitative estimate of drug-likeness (QED) is 0.758. The molecule has 3 rings (SSSR count). The minimum atomic E-state index is 0.226. The number of rotatable bonds is 6. The highest BCUT2D eigenvalue weighted by atomic mass is 16.5. The van der Waals surface area contributed by atoms with Crippen LogP contribution in [0.5, 0.6) is 0 Å². The molecule has 2 heterocycles. The Morgan fingerprint density at radius 3 is 2.78 bits per heavy atom. The molecule has 6 heteroatoms. The Hall–Kier alpha value is -2.47. The van der Waals surface area contributed by atoms with Crippen LogP contribution in [0, 0.1) is 6.92 Å². The molecule has 0 amide bonds. The molecule has 2 atom stereocenters. The number of nitrogens with zero attached hydrogens (tertiary/aromatic N) is 4. The van der Waals surface area contributed by atoms with Crippen molar-refractivity contribution in [2.45, 2.75) is 39.4 Å². The predicted molar refractivity (Wildman–Crippen MR) is 87.7 cm³/mol. The number of aromatic nitrogens is 4. The van der Waals surface area contributed by atoms with E-state index in [1.54, 1.807) is 6.20 Å². The fourth-order valence-electron chi connectivity index (χ4n) is 2.43. The summed E-state index contributed by atoms with van der Waals surface area (Å²) >= 11 is 0. The summed E-state index contributed by atoms with van der Waals surface area (Å²) < 4.78 is 7.28. The van der Waals surface area contributed by atoms with Crippen molar-refractivity contribution in [1.29, 1.82) is 0 Å². The average Bonchev–Trinajstić information content (AvgIpc) is 3.24. The lowest BCUT2D eigenvalue weighted by Gasteiger charge is -2.20. The number of hydrogen-bond donors (Lipinski definition) is 1. The van der Waals surface area contributed by atoms with Gasteiger partial charge in [-0.3, -0.25) is 4.68 Å². The molecule has 120 valence electrons.